The molecular formula is C14H11F3O. The first kappa shape index (κ1) is 12.5. The number of hydrogen-bond acceptors (Lipinski definition) is 1. The normalized spacial score (nSPS) is 10.4. The van der Waals surface area contributed by atoms with Gasteiger partial charge in [0.2, 0.25) is 0 Å². The highest BCUT2D eigenvalue weighted by Gasteiger charge is 2.16. The Hall–Kier alpha value is -1.97. The molecule has 0 aliphatic heterocycles. The highest BCUT2D eigenvalue weighted by molar-refractivity contribution is 5.71. The topological polar surface area (TPSA) is 9.23 Å². The Kier molecular flexibility index (Phi) is 3.55. The molecule has 0 N–H and O–H groups in total. The minimum atomic E-state index is -1.47. The minimum Gasteiger partial charge on any atom is -0.493 e. The van der Waals surface area contributed by atoms with Crippen LogP contribution in [0.2, 0.25) is 0 Å². The molecule has 0 aromatic heterocycles. The van der Waals surface area contributed by atoms with E-state index in [2.05, 4.69) is 0 Å². The number of rotatable bonds is 3. The van der Waals surface area contributed by atoms with Crippen LogP contribution in [0.15, 0.2) is 36.4 Å². The summed E-state index contributed by atoms with van der Waals surface area (Å²) in [4.78, 5) is 0. The van der Waals surface area contributed by atoms with E-state index < -0.39 is 17.5 Å². The number of para-hydroxylation sites is 1. The maximum Gasteiger partial charge on any atom is 0.195 e. The summed E-state index contributed by atoms with van der Waals surface area (Å²) in [5, 5.41) is 0. The van der Waals surface area contributed by atoms with Crippen LogP contribution in [0.25, 0.3) is 11.1 Å². The fourth-order valence-electron chi connectivity index (χ4n) is 1.70. The second-order valence-electron chi connectivity index (χ2n) is 3.65. The zero-order valence-corrected chi connectivity index (χ0v) is 9.71. The Morgan fingerprint density at radius 1 is 0.889 bits per heavy atom. The van der Waals surface area contributed by atoms with Gasteiger partial charge in [-0.1, -0.05) is 18.2 Å². The van der Waals surface area contributed by atoms with Gasteiger partial charge < -0.3 is 4.74 Å². The lowest BCUT2D eigenvalue weighted by molar-refractivity contribution is 0.341. The Bertz CT molecular complexity index is 567. The van der Waals surface area contributed by atoms with Gasteiger partial charge in [-0.3, -0.25) is 0 Å². The van der Waals surface area contributed by atoms with Crippen molar-refractivity contribution in [2.24, 2.45) is 0 Å². The van der Waals surface area contributed by atoms with Crippen LogP contribution in [0.3, 0.4) is 0 Å². The molecule has 18 heavy (non-hydrogen) atoms. The lowest BCUT2D eigenvalue weighted by Crippen LogP contribution is -1.97. The van der Waals surface area contributed by atoms with Gasteiger partial charge in [-0.05, 0) is 25.1 Å². The molecule has 94 valence electrons. The highest BCUT2D eigenvalue weighted by atomic mass is 19.2. The fraction of sp³-hybridized carbons (Fsp3) is 0.143. The number of ether oxygens (including phenoxy) is 1. The molecular weight excluding hydrogens is 241 g/mol. The number of hydrogen-bond donors (Lipinski definition) is 0. The van der Waals surface area contributed by atoms with Gasteiger partial charge in [0, 0.05) is 11.1 Å². The molecule has 0 saturated carbocycles. The van der Waals surface area contributed by atoms with E-state index in [-0.39, 0.29) is 5.56 Å². The van der Waals surface area contributed by atoms with Gasteiger partial charge in [0.05, 0.1) is 6.61 Å². The molecule has 0 aliphatic rings. The van der Waals surface area contributed by atoms with Gasteiger partial charge in [-0.2, -0.15) is 0 Å². The van der Waals surface area contributed by atoms with E-state index in [1.165, 1.54) is 6.07 Å². The van der Waals surface area contributed by atoms with Crippen LogP contribution in [0, 0.1) is 17.5 Å². The maximum atomic E-state index is 13.7. The predicted octanol–water partition coefficient (Wildman–Crippen LogP) is 4.17. The molecule has 2 rings (SSSR count). The van der Waals surface area contributed by atoms with Crippen LogP contribution in [-0.4, -0.2) is 6.61 Å². The molecule has 0 fully saturated rings. The van der Waals surface area contributed by atoms with Gasteiger partial charge in [0.1, 0.15) is 5.75 Å². The van der Waals surface area contributed by atoms with Crippen molar-refractivity contribution in [3.8, 4) is 16.9 Å². The average molecular weight is 252 g/mol. The molecule has 1 nitrogen and oxygen atoms in total. The van der Waals surface area contributed by atoms with E-state index in [0.717, 1.165) is 6.07 Å². The Morgan fingerprint density at radius 3 is 2.33 bits per heavy atom. The van der Waals surface area contributed by atoms with Crippen molar-refractivity contribution >= 4 is 0 Å². The zero-order valence-electron chi connectivity index (χ0n) is 9.71. The van der Waals surface area contributed by atoms with E-state index in [9.17, 15) is 13.2 Å². The first-order chi connectivity index (χ1) is 8.65. The maximum absolute atomic E-state index is 13.7. The standard InChI is InChI=1S/C14H11F3O/c1-2-18-12-6-4-3-5-9(12)10-7-8-11(15)14(17)13(10)16/h3-8H,2H2,1H3. The summed E-state index contributed by atoms with van der Waals surface area (Å²) in [5.41, 5.74) is 0.383. The summed E-state index contributed by atoms with van der Waals surface area (Å²) in [6.45, 7) is 2.20. The van der Waals surface area contributed by atoms with Crippen molar-refractivity contribution < 1.29 is 17.9 Å². The summed E-state index contributed by atoms with van der Waals surface area (Å²) in [6, 6.07) is 8.76. The molecule has 0 spiro atoms. The van der Waals surface area contributed by atoms with Crippen molar-refractivity contribution in [2.75, 3.05) is 6.61 Å². The molecule has 0 bridgehead atoms. The Morgan fingerprint density at radius 2 is 1.61 bits per heavy atom. The Balaban J connectivity index is 2.59. The third-order valence-electron chi connectivity index (χ3n) is 2.51. The lowest BCUT2D eigenvalue weighted by Gasteiger charge is -2.11. The van der Waals surface area contributed by atoms with Crippen molar-refractivity contribution in [1.82, 2.24) is 0 Å². The van der Waals surface area contributed by atoms with E-state index >= 15 is 0 Å². The molecule has 0 unspecified atom stereocenters. The molecule has 0 heterocycles. The fourth-order valence-corrected chi connectivity index (χ4v) is 1.70. The summed E-state index contributed by atoms with van der Waals surface area (Å²) in [5.74, 6) is -3.45. The highest BCUT2D eigenvalue weighted by Crippen LogP contribution is 2.33. The van der Waals surface area contributed by atoms with Crippen LogP contribution in [0.1, 0.15) is 6.92 Å². The zero-order chi connectivity index (χ0) is 13.1. The van der Waals surface area contributed by atoms with Crippen molar-refractivity contribution in [1.29, 1.82) is 0 Å². The molecule has 2 aromatic rings. The lowest BCUT2D eigenvalue weighted by atomic mass is 10.0. The van der Waals surface area contributed by atoms with Crippen molar-refractivity contribution in [3.05, 3.63) is 53.8 Å². The summed E-state index contributed by atoms with van der Waals surface area (Å²) >= 11 is 0. The largest absolute Gasteiger partial charge is 0.493 e. The van der Waals surface area contributed by atoms with E-state index in [1.807, 2.05) is 0 Å². The van der Waals surface area contributed by atoms with Crippen LogP contribution in [0.4, 0.5) is 13.2 Å². The van der Waals surface area contributed by atoms with Crippen LogP contribution >= 0.6 is 0 Å². The number of halogens is 3. The molecule has 0 amide bonds. The summed E-state index contributed by atoms with van der Waals surface area (Å²) in [7, 11) is 0. The minimum absolute atomic E-state index is 0.0158. The van der Waals surface area contributed by atoms with Gasteiger partial charge in [0.15, 0.2) is 17.5 Å². The Labute approximate surface area is 103 Å². The smallest absolute Gasteiger partial charge is 0.195 e. The first-order valence-electron chi connectivity index (χ1n) is 5.50. The van der Waals surface area contributed by atoms with Gasteiger partial charge >= 0.3 is 0 Å². The van der Waals surface area contributed by atoms with E-state index in [1.54, 1.807) is 31.2 Å². The molecule has 0 saturated heterocycles. The quantitative estimate of drug-likeness (QED) is 0.745. The van der Waals surface area contributed by atoms with E-state index in [4.69, 9.17) is 4.74 Å². The van der Waals surface area contributed by atoms with E-state index in [0.29, 0.717) is 17.9 Å². The third-order valence-corrected chi connectivity index (χ3v) is 2.51. The third kappa shape index (κ3) is 2.18. The van der Waals surface area contributed by atoms with Gasteiger partial charge in [-0.15, -0.1) is 0 Å². The second-order valence-corrected chi connectivity index (χ2v) is 3.65. The average Bonchev–Trinajstić information content (AvgIpc) is 2.38. The van der Waals surface area contributed by atoms with Crippen molar-refractivity contribution in [2.45, 2.75) is 6.92 Å². The summed E-state index contributed by atoms with van der Waals surface area (Å²) < 4.78 is 45.1. The van der Waals surface area contributed by atoms with Crippen LogP contribution in [0.5, 0.6) is 5.75 Å². The predicted molar refractivity (Wildman–Crippen MR) is 62.9 cm³/mol. The molecule has 2 aromatic carbocycles. The molecule has 4 heteroatoms. The molecule has 0 aliphatic carbocycles. The SMILES string of the molecule is CCOc1ccccc1-c1ccc(F)c(F)c1F. The van der Waals surface area contributed by atoms with Crippen LogP contribution < -0.4 is 4.74 Å². The monoisotopic (exact) mass is 252 g/mol. The second kappa shape index (κ2) is 5.12. The molecule has 0 atom stereocenters. The molecule has 0 radical (unpaired) electrons. The van der Waals surface area contributed by atoms with Crippen molar-refractivity contribution in [3.63, 3.8) is 0 Å². The number of benzene rings is 2. The summed E-state index contributed by atoms with van der Waals surface area (Å²) in [6.07, 6.45) is 0. The van der Waals surface area contributed by atoms with Gasteiger partial charge in [-0.25, -0.2) is 13.2 Å². The van der Waals surface area contributed by atoms with Crippen LogP contribution in [-0.2, 0) is 0 Å². The first-order valence-corrected chi connectivity index (χ1v) is 5.50. The van der Waals surface area contributed by atoms with Gasteiger partial charge in [0.25, 0.3) is 0 Å².